The van der Waals surface area contributed by atoms with Gasteiger partial charge in [0.2, 0.25) is 0 Å². The largest absolute Gasteiger partial charge is 4.00 e. The molecule has 0 aliphatic heterocycles. The van der Waals surface area contributed by atoms with Crippen LogP contribution < -0.4 is 0 Å². The molecule has 0 N–H and O–H groups in total. The van der Waals surface area contributed by atoms with Gasteiger partial charge in [-0.05, 0) is 0 Å². The van der Waals surface area contributed by atoms with Gasteiger partial charge in [-0.1, -0.05) is 0 Å². The second kappa shape index (κ2) is 283. The van der Waals surface area contributed by atoms with Crippen LogP contribution in [0.15, 0.2) is 0 Å². The molecule has 7 nitrogen and oxygen atoms in total. The summed E-state index contributed by atoms with van der Waals surface area (Å²) in [5.74, 6) is 0. The van der Waals surface area contributed by atoms with Crippen molar-refractivity contribution < 1.29 is 38.3 Å². The predicted octanol–water partition coefficient (Wildman–Crippen LogP) is -2.35. The van der Waals surface area contributed by atoms with E-state index in [0.717, 1.165) is 0 Å². The van der Waals surface area contributed by atoms with Gasteiger partial charge in [0.25, 0.3) is 0 Å². The minimum Gasteiger partial charge on any atom is -2.00 e. The third kappa shape index (κ3) is 235. The quantitative estimate of drug-likeness (QED) is 0.390. The molecule has 56 valence electrons. The molecule has 0 aliphatic carbocycles. The van der Waals surface area contributed by atoms with Crippen LogP contribution in [-0.2, 0) is 38.3 Å². The Morgan fingerprint density at radius 2 is 0.273 bits per heavy atom. The van der Waals surface area contributed by atoms with E-state index in [9.17, 15) is 0 Å². The maximum absolute atomic E-state index is 0. The molecular formula is Al2O7Sn2. The van der Waals surface area contributed by atoms with Crippen molar-refractivity contribution in [2.24, 2.45) is 0 Å². The Labute approximate surface area is 120 Å². The van der Waals surface area contributed by atoms with Crippen molar-refractivity contribution in [1.29, 1.82) is 0 Å². The summed E-state index contributed by atoms with van der Waals surface area (Å²) in [6, 6.07) is 0. The summed E-state index contributed by atoms with van der Waals surface area (Å²) < 4.78 is 0. The summed E-state index contributed by atoms with van der Waals surface area (Å²) in [6.45, 7) is 0. The second-order valence-corrected chi connectivity index (χ2v) is 0. The van der Waals surface area contributed by atoms with E-state index in [1.807, 2.05) is 0 Å². The van der Waals surface area contributed by atoms with Crippen molar-refractivity contribution in [2.75, 3.05) is 0 Å². The zero-order chi connectivity index (χ0) is 0. The molecule has 0 amide bonds. The van der Waals surface area contributed by atoms with Crippen LogP contribution in [0.5, 0.6) is 0 Å². The van der Waals surface area contributed by atoms with Gasteiger partial charge in [-0.2, -0.15) is 0 Å². The second-order valence-electron chi connectivity index (χ2n) is 0. The Balaban J connectivity index is 0. The summed E-state index contributed by atoms with van der Waals surface area (Å²) in [5, 5.41) is 0. The molecule has 0 aromatic rings. The van der Waals surface area contributed by atoms with Crippen LogP contribution in [0.1, 0.15) is 0 Å². The Kier molecular flexibility index (Phi) is 9290. The van der Waals surface area contributed by atoms with Gasteiger partial charge < -0.3 is 38.3 Å². The van der Waals surface area contributed by atoms with Crippen molar-refractivity contribution >= 4 is 82.5 Å². The normalized spacial score (nSPS) is 0. The SMILES string of the molecule is [Al+3].[Al+3].[O-2].[O-2].[O-2].[O-2].[O-2].[O-2].[O-2].[Sn+4].[Sn+4]. The van der Waals surface area contributed by atoms with Crippen LogP contribution in [0.3, 0.4) is 0 Å². The average Bonchev–Trinajstić information content (AvgIpc) is 0. The summed E-state index contributed by atoms with van der Waals surface area (Å²) in [7, 11) is 0. The van der Waals surface area contributed by atoms with Crippen molar-refractivity contribution in [2.45, 2.75) is 0 Å². The van der Waals surface area contributed by atoms with Gasteiger partial charge in [-0.3, -0.25) is 0 Å². The predicted molar refractivity (Wildman–Crippen MR) is 27.8 cm³/mol. The molecule has 0 unspecified atom stereocenters. The van der Waals surface area contributed by atoms with Gasteiger partial charge in [0.05, 0.1) is 0 Å². The molecule has 0 heterocycles. The maximum Gasteiger partial charge on any atom is 4.00 e. The van der Waals surface area contributed by atoms with E-state index in [4.69, 9.17) is 0 Å². The number of hydrogen-bond donors (Lipinski definition) is 0. The minimum absolute atomic E-state index is 0. The Morgan fingerprint density at radius 3 is 0.273 bits per heavy atom. The van der Waals surface area contributed by atoms with Crippen LogP contribution in [0, 0.1) is 0 Å². The fourth-order valence-corrected chi connectivity index (χ4v) is 0. The number of hydrogen-bond acceptors (Lipinski definition) is 0. The van der Waals surface area contributed by atoms with Crippen LogP contribution in [0.25, 0.3) is 0 Å². The minimum atomic E-state index is 0. The Bertz CT molecular complexity index is 14.4. The molecule has 0 aliphatic rings. The molecule has 11 heavy (non-hydrogen) atoms. The average molecular weight is 403 g/mol. The first-order chi connectivity index (χ1) is 0. The Morgan fingerprint density at radius 1 is 0.273 bits per heavy atom. The third-order valence-electron chi connectivity index (χ3n) is 0. The van der Waals surface area contributed by atoms with Gasteiger partial charge in [-0.25, -0.2) is 0 Å². The van der Waals surface area contributed by atoms with E-state index in [1.165, 1.54) is 0 Å². The van der Waals surface area contributed by atoms with E-state index in [1.54, 1.807) is 0 Å². The fraction of sp³-hybridized carbons (Fsp3) is 0. The topological polar surface area (TPSA) is 200 Å². The monoisotopic (exact) mass is 406 g/mol. The molecule has 11 heteroatoms. The molecule has 0 radical (unpaired) electrons. The third-order valence-corrected chi connectivity index (χ3v) is 0. The first kappa shape index (κ1) is 362. The molecule has 0 aromatic carbocycles. The van der Waals surface area contributed by atoms with Crippen molar-refractivity contribution in [3.8, 4) is 0 Å². The molecule has 0 fully saturated rings. The van der Waals surface area contributed by atoms with E-state index < -0.39 is 0 Å². The molecule has 0 bridgehead atoms. The molecule has 0 aromatic heterocycles. The van der Waals surface area contributed by atoms with Crippen LogP contribution in [0.4, 0.5) is 0 Å². The fourth-order valence-electron chi connectivity index (χ4n) is 0. The van der Waals surface area contributed by atoms with Crippen molar-refractivity contribution in [3.05, 3.63) is 0 Å². The molecule has 0 rings (SSSR count). The van der Waals surface area contributed by atoms with Gasteiger partial charge in [0, 0.05) is 0 Å². The van der Waals surface area contributed by atoms with E-state index in [-0.39, 0.29) is 121 Å². The van der Waals surface area contributed by atoms with Crippen LogP contribution in [-0.4, -0.2) is 82.5 Å². The maximum atomic E-state index is 0. The van der Waals surface area contributed by atoms with Crippen LogP contribution >= 0.6 is 0 Å². The summed E-state index contributed by atoms with van der Waals surface area (Å²) in [5.41, 5.74) is 0. The summed E-state index contributed by atoms with van der Waals surface area (Å²) in [4.78, 5) is 0. The van der Waals surface area contributed by atoms with Gasteiger partial charge >= 0.3 is 82.5 Å². The first-order valence-electron chi connectivity index (χ1n) is 0. The van der Waals surface area contributed by atoms with E-state index in [0.29, 0.717) is 0 Å². The van der Waals surface area contributed by atoms with Crippen LogP contribution in [0.2, 0.25) is 0 Å². The van der Waals surface area contributed by atoms with E-state index in [2.05, 4.69) is 0 Å². The van der Waals surface area contributed by atoms with Gasteiger partial charge in [0.1, 0.15) is 0 Å². The van der Waals surface area contributed by atoms with Crippen molar-refractivity contribution in [3.63, 3.8) is 0 Å². The van der Waals surface area contributed by atoms with Crippen molar-refractivity contribution in [1.82, 2.24) is 0 Å². The Hall–Kier alpha value is 2.38. The van der Waals surface area contributed by atoms with Gasteiger partial charge in [-0.15, -0.1) is 0 Å². The summed E-state index contributed by atoms with van der Waals surface area (Å²) in [6.07, 6.45) is 0. The van der Waals surface area contributed by atoms with Gasteiger partial charge in [0.15, 0.2) is 0 Å². The zero-order valence-corrected chi connectivity index (χ0v) is 13.0. The number of rotatable bonds is 0. The molecule has 0 saturated carbocycles. The summed E-state index contributed by atoms with van der Waals surface area (Å²) >= 11 is 0. The molecule has 0 atom stereocenters. The smallest absolute Gasteiger partial charge is 2.00 e. The standard InChI is InChI=1S/2Al.7O.2Sn/q2*+3;7*-2;2*+4. The molecular weight excluding hydrogens is 403 g/mol. The van der Waals surface area contributed by atoms with E-state index >= 15 is 0 Å². The zero-order valence-electron chi connectivity index (χ0n) is 5.01. The molecule has 0 spiro atoms. The molecule has 0 saturated heterocycles. The first-order valence-corrected chi connectivity index (χ1v) is 0.